The second-order valence-corrected chi connectivity index (χ2v) is 4.67. The van der Waals surface area contributed by atoms with Crippen molar-refractivity contribution in [2.24, 2.45) is 5.73 Å². The van der Waals surface area contributed by atoms with Gasteiger partial charge in [0.05, 0.1) is 12.0 Å². The van der Waals surface area contributed by atoms with E-state index < -0.39 is 17.4 Å². The second kappa shape index (κ2) is 5.67. The SMILES string of the molecule is CC.Cc1cn(C2(C(N)=O)CCC(F)(F)CC2)cn1. The number of nitrogens with zero attached hydrogens (tertiary/aromatic N) is 2. The number of carbonyl (C=O) groups is 1. The molecule has 108 valence electrons. The van der Waals surface area contributed by atoms with Gasteiger partial charge in [0.15, 0.2) is 0 Å². The number of carbonyl (C=O) groups excluding carboxylic acids is 1. The van der Waals surface area contributed by atoms with E-state index in [1.54, 1.807) is 17.7 Å². The standard InChI is InChI=1S/C11H15F2N3O.C2H6/c1-8-6-16(7-15-8)10(9(14)17)2-4-11(12,13)5-3-10;1-2/h6-7H,2-5H2,1H3,(H2,14,17);1-2H3. The molecule has 6 heteroatoms. The molecule has 0 unspecified atom stereocenters. The first kappa shape index (κ1) is 15.6. The van der Waals surface area contributed by atoms with Crippen molar-refractivity contribution in [2.45, 2.75) is 57.9 Å². The van der Waals surface area contributed by atoms with Gasteiger partial charge in [-0.3, -0.25) is 4.79 Å². The molecule has 1 aromatic heterocycles. The number of aryl methyl sites for hydroxylation is 1. The summed E-state index contributed by atoms with van der Waals surface area (Å²) in [6.07, 6.45) is 2.66. The van der Waals surface area contributed by atoms with E-state index in [1.165, 1.54) is 6.33 Å². The van der Waals surface area contributed by atoms with Crippen LogP contribution in [-0.2, 0) is 10.3 Å². The summed E-state index contributed by atoms with van der Waals surface area (Å²) < 4.78 is 27.9. The minimum Gasteiger partial charge on any atom is -0.368 e. The average molecular weight is 273 g/mol. The first-order valence-corrected chi connectivity index (χ1v) is 6.55. The van der Waals surface area contributed by atoms with Crippen LogP contribution < -0.4 is 5.73 Å². The van der Waals surface area contributed by atoms with Crippen LogP contribution in [0.25, 0.3) is 0 Å². The van der Waals surface area contributed by atoms with Crippen LogP contribution in [-0.4, -0.2) is 21.4 Å². The molecule has 1 amide bonds. The van der Waals surface area contributed by atoms with Gasteiger partial charge in [0.25, 0.3) is 0 Å². The van der Waals surface area contributed by atoms with Crippen LogP contribution in [0.15, 0.2) is 12.5 Å². The van der Waals surface area contributed by atoms with Crippen LogP contribution in [0.1, 0.15) is 45.2 Å². The van der Waals surface area contributed by atoms with Crippen molar-refractivity contribution in [3.8, 4) is 0 Å². The zero-order chi connectivity index (χ0) is 14.7. The minimum absolute atomic E-state index is 0.0606. The third-order valence-corrected chi connectivity index (χ3v) is 3.47. The highest BCUT2D eigenvalue weighted by Crippen LogP contribution is 2.42. The molecule has 0 bridgehead atoms. The van der Waals surface area contributed by atoms with Gasteiger partial charge in [-0.1, -0.05) is 13.8 Å². The van der Waals surface area contributed by atoms with Crippen molar-refractivity contribution in [3.05, 3.63) is 18.2 Å². The van der Waals surface area contributed by atoms with E-state index in [2.05, 4.69) is 4.98 Å². The van der Waals surface area contributed by atoms with Gasteiger partial charge in [0.2, 0.25) is 11.8 Å². The van der Waals surface area contributed by atoms with Gasteiger partial charge in [-0.25, -0.2) is 13.8 Å². The molecule has 1 aromatic rings. The monoisotopic (exact) mass is 273 g/mol. The fourth-order valence-corrected chi connectivity index (χ4v) is 2.32. The van der Waals surface area contributed by atoms with E-state index in [4.69, 9.17) is 5.73 Å². The maximum Gasteiger partial charge on any atom is 0.248 e. The molecule has 1 aliphatic carbocycles. The maximum atomic E-state index is 13.2. The van der Waals surface area contributed by atoms with Crippen LogP contribution in [0, 0.1) is 6.92 Å². The number of halogens is 2. The van der Waals surface area contributed by atoms with Crippen LogP contribution in [0.5, 0.6) is 0 Å². The van der Waals surface area contributed by atoms with Gasteiger partial charge in [0.1, 0.15) is 5.54 Å². The number of primary amides is 1. The number of aromatic nitrogens is 2. The summed E-state index contributed by atoms with van der Waals surface area (Å²) in [5.74, 6) is -3.25. The van der Waals surface area contributed by atoms with Crippen molar-refractivity contribution in [3.63, 3.8) is 0 Å². The lowest BCUT2D eigenvalue weighted by atomic mass is 9.79. The molecule has 2 N–H and O–H groups in total. The largest absolute Gasteiger partial charge is 0.368 e. The molecule has 1 heterocycles. The van der Waals surface area contributed by atoms with E-state index in [0.29, 0.717) is 0 Å². The van der Waals surface area contributed by atoms with Gasteiger partial charge < -0.3 is 10.3 Å². The van der Waals surface area contributed by atoms with Gasteiger partial charge >= 0.3 is 0 Å². The van der Waals surface area contributed by atoms with Gasteiger partial charge in [0, 0.05) is 19.0 Å². The first-order chi connectivity index (χ1) is 8.86. The Hall–Kier alpha value is -1.46. The number of nitrogens with two attached hydrogens (primary N) is 1. The summed E-state index contributed by atoms with van der Waals surface area (Å²) in [6, 6.07) is 0. The van der Waals surface area contributed by atoms with Crippen LogP contribution in [0.3, 0.4) is 0 Å². The van der Waals surface area contributed by atoms with E-state index in [1.807, 2.05) is 13.8 Å². The molecule has 2 rings (SSSR count). The summed E-state index contributed by atoms with van der Waals surface area (Å²) in [5, 5.41) is 0. The number of imidazole rings is 1. The molecule has 1 fully saturated rings. The fourth-order valence-electron chi connectivity index (χ4n) is 2.32. The van der Waals surface area contributed by atoms with Crippen molar-refractivity contribution >= 4 is 5.91 Å². The Labute approximate surface area is 112 Å². The quantitative estimate of drug-likeness (QED) is 0.900. The Morgan fingerprint density at radius 2 is 1.84 bits per heavy atom. The lowest BCUT2D eigenvalue weighted by Crippen LogP contribution is -2.50. The van der Waals surface area contributed by atoms with Crippen LogP contribution in [0.2, 0.25) is 0 Å². The summed E-state index contributed by atoms with van der Waals surface area (Å²) in [7, 11) is 0. The minimum atomic E-state index is -2.69. The third kappa shape index (κ3) is 3.11. The molecule has 0 aromatic carbocycles. The van der Waals surface area contributed by atoms with Crippen molar-refractivity contribution in [1.82, 2.24) is 9.55 Å². The van der Waals surface area contributed by atoms with Gasteiger partial charge in [-0.2, -0.15) is 0 Å². The smallest absolute Gasteiger partial charge is 0.248 e. The highest BCUT2D eigenvalue weighted by Gasteiger charge is 2.48. The lowest BCUT2D eigenvalue weighted by Gasteiger charge is -2.38. The van der Waals surface area contributed by atoms with Crippen LogP contribution in [0.4, 0.5) is 8.78 Å². The molecular weight excluding hydrogens is 252 g/mol. The predicted molar refractivity (Wildman–Crippen MR) is 68.9 cm³/mol. The Balaban J connectivity index is 0.000000861. The zero-order valence-electron chi connectivity index (χ0n) is 11.6. The Kier molecular flexibility index (Phi) is 4.66. The Morgan fingerprint density at radius 3 is 2.21 bits per heavy atom. The topological polar surface area (TPSA) is 60.9 Å². The second-order valence-electron chi connectivity index (χ2n) is 4.67. The number of rotatable bonds is 2. The summed E-state index contributed by atoms with van der Waals surface area (Å²) >= 11 is 0. The normalized spacial score (nSPS) is 20.3. The number of hydrogen-bond acceptors (Lipinski definition) is 2. The molecular formula is C13H21F2N3O. The molecule has 0 radical (unpaired) electrons. The molecule has 0 atom stereocenters. The zero-order valence-corrected chi connectivity index (χ0v) is 11.6. The van der Waals surface area contributed by atoms with E-state index in [9.17, 15) is 13.6 Å². The van der Waals surface area contributed by atoms with E-state index in [-0.39, 0.29) is 25.7 Å². The van der Waals surface area contributed by atoms with Crippen molar-refractivity contribution in [2.75, 3.05) is 0 Å². The molecule has 1 aliphatic rings. The summed E-state index contributed by atoms with van der Waals surface area (Å²) in [5.41, 5.74) is 5.10. The number of alkyl halides is 2. The van der Waals surface area contributed by atoms with Gasteiger partial charge in [-0.05, 0) is 19.8 Å². The van der Waals surface area contributed by atoms with Crippen molar-refractivity contribution < 1.29 is 13.6 Å². The number of amides is 1. The molecule has 0 aliphatic heterocycles. The Morgan fingerprint density at radius 1 is 1.32 bits per heavy atom. The Bertz CT molecular complexity index is 433. The molecule has 0 spiro atoms. The van der Waals surface area contributed by atoms with E-state index in [0.717, 1.165) is 5.69 Å². The van der Waals surface area contributed by atoms with Crippen molar-refractivity contribution in [1.29, 1.82) is 0 Å². The molecule has 1 saturated carbocycles. The molecule has 19 heavy (non-hydrogen) atoms. The molecule has 0 saturated heterocycles. The van der Waals surface area contributed by atoms with E-state index >= 15 is 0 Å². The van der Waals surface area contributed by atoms with Crippen LogP contribution >= 0.6 is 0 Å². The highest BCUT2D eigenvalue weighted by atomic mass is 19.3. The first-order valence-electron chi connectivity index (χ1n) is 6.55. The average Bonchev–Trinajstić information content (AvgIpc) is 2.79. The third-order valence-electron chi connectivity index (χ3n) is 3.47. The predicted octanol–water partition coefficient (Wildman–Crippen LogP) is 2.61. The fraction of sp³-hybridized carbons (Fsp3) is 0.692. The summed E-state index contributed by atoms with van der Waals surface area (Å²) in [4.78, 5) is 15.6. The summed E-state index contributed by atoms with van der Waals surface area (Å²) in [6.45, 7) is 5.78. The highest BCUT2D eigenvalue weighted by molar-refractivity contribution is 5.82. The number of hydrogen-bond donors (Lipinski definition) is 1. The lowest BCUT2D eigenvalue weighted by molar-refractivity contribution is -0.134. The maximum absolute atomic E-state index is 13.2. The van der Waals surface area contributed by atoms with Gasteiger partial charge in [-0.15, -0.1) is 0 Å². The molecule has 4 nitrogen and oxygen atoms in total.